The lowest BCUT2D eigenvalue weighted by Crippen LogP contribution is -2.10. The van der Waals surface area contributed by atoms with Gasteiger partial charge in [-0.05, 0) is 17.7 Å². The van der Waals surface area contributed by atoms with Crippen LogP contribution in [0.2, 0.25) is 0 Å². The number of rotatable bonds is 3. The molecule has 0 aliphatic carbocycles. The number of nitrogens with one attached hydrogen (secondary N) is 1. The average Bonchev–Trinajstić information content (AvgIpc) is 2.46. The largest absolute Gasteiger partial charge is 0.508 e. The van der Waals surface area contributed by atoms with Gasteiger partial charge in [0.1, 0.15) is 28.7 Å². The van der Waals surface area contributed by atoms with Gasteiger partial charge in [0.2, 0.25) is 5.43 Å². The molecular formula is C15H11NO7S. The minimum Gasteiger partial charge on any atom is -0.508 e. The molecule has 0 amide bonds. The van der Waals surface area contributed by atoms with Gasteiger partial charge in [0.05, 0.1) is 11.3 Å². The van der Waals surface area contributed by atoms with E-state index in [2.05, 4.69) is 0 Å². The van der Waals surface area contributed by atoms with E-state index in [1.165, 1.54) is 36.6 Å². The van der Waals surface area contributed by atoms with Crippen molar-refractivity contribution >= 4 is 27.0 Å². The Kier molecular flexibility index (Phi) is 3.66. The van der Waals surface area contributed by atoms with E-state index in [1.54, 1.807) is 0 Å². The summed E-state index contributed by atoms with van der Waals surface area (Å²) in [6.45, 7) is 0. The molecule has 124 valence electrons. The molecule has 2 aromatic carbocycles. The maximum atomic E-state index is 12.5. The van der Waals surface area contributed by atoms with Gasteiger partial charge in [0, 0.05) is 12.1 Å². The van der Waals surface area contributed by atoms with Crippen molar-refractivity contribution in [3.8, 4) is 22.6 Å². The van der Waals surface area contributed by atoms with E-state index in [0.717, 1.165) is 6.07 Å². The van der Waals surface area contributed by atoms with E-state index < -0.39 is 21.5 Å². The Balaban J connectivity index is 2.10. The molecule has 4 N–H and O–H groups in total. The van der Waals surface area contributed by atoms with Crippen molar-refractivity contribution in [1.82, 2.24) is 0 Å². The van der Waals surface area contributed by atoms with Crippen molar-refractivity contribution in [2.45, 2.75) is 0 Å². The van der Waals surface area contributed by atoms with E-state index in [0.29, 0.717) is 5.56 Å². The predicted octanol–water partition coefficient (Wildman–Crippen LogP) is 2.09. The Morgan fingerprint density at radius 2 is 1.71 bits per heavy atom. The summed E-state index contributed by atoms with van der Waals surface area (Å²) in [5.41, 5.74) is 0.190. The summed E-state index contributed by atoms with van der Waals surface area (Å²) in [6.07, 6.45) is 1.18. The van der Waals surface area contributed by atoms with E-state index >= 15 is 0 Å². The molecule has 0 atom stereocenters. The van der Waals surface area contributed by atoms with Crippen LogP contribution < -0.4 is 10.2 Å². The Bertz CT molecular complexity index is 1090. The Hall–Kier alpha value is -3.04. The first-order valence-corrected chi connectivity index (χ1v) is 8.02. The summed E-state index contributed by atoms with van der Waals surface area (Å²) >= 11 is 0. The second-order valence-corrected chi connectivity index (χ2v) is 6.13. The maximum absolute atomic E-state index is 12.5. The van der Waals surface area contributed by atoms with Crippen molar-refractivity contribution in [3.63, 3.8) is 0 Å². The smallest absolute Gasteiger partial charge is 0.357 e. The summed E-state index contributed by atoms with van der Waals surface area (Å²) in [6, 6.07) is 7.83. The molecule has 24 heavy (non-hydrogen) atoms. The fourth-order valence-electron chi connectivity index (χ4n) is 2.28. The standard InChI is InChI=1S/C15H11NO7S/c17-10-5-12(18)14-13(6-10)23-7-11(15(14)19)8-1-3-9(4-2-8)16-24(20,21)22/h1-7,16-18H,(H,20,21,22). The molecule has 0 saturated carbocycles. The van der Waals surface area contributed by atoms with Crippen molar-refractivity contribution in [2.75, 3.05) is 4.72 Å². The third kappa shape index (κ3) is 3.03. The highest BCUT2D eigenvalue weighted by molar-refractivity contribution is 7.87. The molecule has 9 heteroatoms. The number of aromatic hydroxyl groups is 2. The SMILES string of the molecule is O=c1c(-c2ccc(NS(=O)(=O)O)cc2)coc2cc(O)cc(O)c12. The molecule has 1 heterocycles. The monoisotopic (exact) mass is 349 g/mol. The summed E-state index contributed by atoms with van der Waals surface area (Å²) in [7, 11) is -4.39. The van der Waals surface area contributed by atoms with Crippen molar-refractivity contribution in [1.29, 1.82) is 0 Å². The molecule has 1 aromatic heterocycles. The number of hydrogen-bond donors (Lipinski definition) is 4. The van der Waals surface area contributed by atoms with Crippen LogP contribution in [0.25, 0.3) is 22.1 Å². The number of hydrogen-bond acceptors (Lipinski definition) is 6. The lowest BCUT2D eigenvalue weighted by atomic mass is 10.0. The number of phenols is 2. The molecular weight excluding hydrogens is 338 g/mol. The van der Waals surface area contributed by atoms with Crippen LogP contribution in [0, 0.1) is 0 Å². The van der Waals surface area contributed by atoms with Crippen LogP contribution in [0.1, 0.15) is 0 Å². The Labute approximate surface area is 135 Å². The van der Waals surface area contributed by atoms with Gasteiger partial charge in [-0.2, -0.15) is 8.42 Å². The molecule has 0 fully saturated rings. The fraction of sp³-hybridized carbons (Fsp3) is 0. The molecule has 0 aliphatic rings. The van der Waals surface area contributed by atoms with Gasteiger partial charge in [-0.3, -0.25) is 14.1 Å². The first-order valence-electron chi connectivity index (χ1n) is 6.58. The van der Waals surface area contributed by atoms with Crippen molar-refractivity contribution in [2.24, 2.45) is 0 Å². The highest BCUT2D eigenvalue weighted by Gasteiger charge is 2.14. The van der Waals surface area contributed by atoms with Crippen LogP contribution >= 0.6 is 0 Å². The summed E-state index contributed by atoms with van der Waals surface area (Å²) in [5, 5.41) is 19.2. The maximum Gasteiger partial charge on any atom is 0.357 e. The zero-order valence-corrected chi connectivity index (χ0v) is 12.7. The normalized spacial score (nSPS) is 11.5. The molecule has 0 unspecified atom stereocenters. The first-order chi connectivity index (χ1) is 11.2. The number of fused-ring (bicyclic) bond motifs is 1. The molecule has 0 aliphatic heterocycles. The molecule has 3 rings (SSSR count). The van der Waals surface area contributed by atoms with Gasteiger partial charge in [-0.15, -0.1) is 0 Å². The van der Waals surface area contributed by atoms with E-state index in [1.807, 2.05) is 4.72 Å². The number of benzene rings is 2. The van der Waals surface area contributed by atoms with Gasteiger partial charge >= 0.3 is 10.3 Å². The van der Waals surface area contributed by atoms with E-state index in [4.69, 9.17) is 8.97 Å². The van der Waals surface area contributed by atoms with Crippen LogP contribution in [-0.2, 0) is 10.3 Å². The van der Waals surface area contributed by atoms with Crippen LogP contribution in [-0.4, -0.2) is 23.2 Å². The van der Waals surface area contributed by atoms with Gasteiger partial charge in [-0.25, -0.2) is 0 Å². The van der Waals surface area contributed by atoms with Gasteiger partial charge in [0.15, 0.2) is 0 Å². The minimum atomic E-state index is -4.39. The van der Waals surface area contributed by atoms with Gasteiger partial charge < -0.3 is 14.6 Å². The van der Waals surface area contributed by atoms with Crippen molar-refractivity contribution in [3.05, 3.63) is 52.9 Å². The summed E-state index contributed by atoms with van der Waals surface area (Å²) in [5.74, 6) is -0.651. The molecule has 0 saturated heterocycles. The van der Waals surface area contributed by atoms with Crippen LogP contribution in [0.15, 0.2) is 51.9 Å². The van der Waals surface area contributed by atoms with Crippen LogP contribution in [0.4, 0.5) is 5.69 Å². The van der Waals surface area contributed by atoms with E-state index in [9.17, 15) is 23.4 Å². The lowest BCUT2D eigenvalue weighted by Gasteiger charge is -2.06. The third-order valence-corrected chi connectivity index (χ3v) is 3.78. The van der Waals surface area contributed by atoms with Crippen LogP contribution in [0.5, 0.6) is 11.5 Å². The van der Waals surface area contributed by atoms with E-state index in [-0.39, 0.29) is 28.0 Å². The molecule has 0 spiro atoms. The Morgan fingerprint density at radius 3 is 2.33 bits per heavy atom. The number of anilines is 1. The summed E-state index contributed by atoms with van der Waals surface area (Å²) < 4.78 is 37.4. The van der Waals surface area contributed by atoms with Crippen LogP contribution in [0.3, 0.4) is 0 Å². The predicted molar refractivity (Wildman–Crippen MR) is 86.4 cm³/mol. The third-order valence-electron chi connectivity index (χ3n) is 3.28. The molecule has 0 radical (unpaired) electrons. The highest BCUT2D eigenvalue weighted by Crippen LogP contribution is 2.29. The van der Waals surface area contributed by atoms with Gasteiger partial charge in [0.25, 0.3) is 0 Å². The fourth-order valence-corrected chi connectivity index (χ4v) is 2.72. The highest BCUT2D eigenvalue weighted by atomic mass is 32.2. The number of phenolic OH excluding ortho intramolecular Hbond substituents is 2. The van der Waals surface area contributed by atoms with Crippen molar-refractivity contribution < 1.29 is 27.6 Å². The molecule has 8 nitrogen and oxygen atoms in total. The van der Waals surface area contributed by atoms with Gasteiger partial charge in [-0.1, -0.05) is 12.1 Å². The molecule has 0 bridgehead atoms. The quantitative estimate of drug-likeness (QED) is 0.531. The lowest BCUT2D eigenvalue weighted by molar-refractivity contribution is 0.452. The minimum absolute atomic E-state index is 0.0333. The average molecular weight is 349 g/mol. The topological polar surface area (TPSA) is 137 Å². The second kappa shape index (κ2) is 5.55. The zero-order valence-electron chi connectivity index (χ0n) is 11.9. The Morgan fingerprint density at radius 1 is 1.04 bits per heavy atom. The first kappa shape index (κ1) is 15.8. The second-order valence-electron chi connectivity index (χ2n) is 4.97. The molecule has 3 aromatic rings. The zero-order chi connectivity index (χ0) is 17.5. The summed E-state index contributed by atoms with van der Waals surface area (Å²) in [4.78, 5) is 12.5.